The molecular weight excluding hydrogens is 208 g/mol. The molecule has 0 saturated heterocycles. The summed E-state index contributed by atoms with van der Waals surface area (Å²) in [7, 11) is 0. The molecular formula is C13H16ClO. The van der Waals surface area contributed by atoms with E-state index >= 15 is 0 Å². The quantitative estimate of drug-likeness (QED) is 0.678. The zero-order valence-corrected chi connectivity index (χ0v) is 9.97. The Balaban J connectivity index is 2.68. The van der Waals surface area contributed by atoms with Crippen molar-refractivity contribution < 1.29 is 4.74 Å². The lowest BCUT2D eigenvalue weighted by atomic mass is 10.1. The molecule has 2 heteroatoms. The average molecular weight is 224 g/mol. The van der Waals surface area contributed by atoms with E-state index in [-0.39, 0.29) is 0 Å². The molecule has 0 saturated carbocycles. The molecule has 0 spiro atoms. The molecule has 0 N–H and O–H groups in total. The topological polar surface area (TPSA) is 9.23 Å². The molecule has 0 aliphatic carbocycles. The van der Waals surface area contributed by atoms with Crippen molar-refractivity contribution in [2.75, 3.05) is 6.61 Å². The highest BCUT2D eigenvalue weighted by Gasteiger charge is 2.02. The third-order valence-electron chi connectivity index (χ3n) is 1.94. The van der Waals surface area contributed by atoms with E-state index in [0.29, 0.717) is 11.6 Å². The second-order valence-corrected chi connectivity index (χ2v) is 3.90. The van der Waals surface area contributed by atoms with E-state index in [2.05, 4.69) is 13.0 Å². The summed E-state index contributed by atoms with van der Waals surface area (Å²) in [6.45, 7) is 8.43. The Morgan fingerprint density at radius 2 is 2.27 bits per heavy atom. The molecule has 1 nitrogen and oxygen atoms in total. The van der Waals surface area contributed by atoms with E-state index in [1.807, 2.05) is 32.0 Å². The number of rotatable bonds is 5. The van der Waals surface area contributed by atoms with Crippen molar-refractivity contribution in [2.24, 2.45) is 0 Å². The van der Waals surface area contributed by atoms with Crippen LogP contribution in [0, 0.1) is 6.42 Å². The van der Waals surface area contributed by atoms with Gasteiger partial charge in [-0.1, -0.05) is 23.2 Å². The number of ether oxygens (including phenoxy) is 1. The van der Waals surface area contributed by atoms with Crippen molar-refractivity contribution >= 4 is 11.6 Å². The smallest absolute Gasteiger partial charge is 0.137 e. The molecule has 1 aromatic rings. The van der Waals surface area contributed by atoms with E-state index in [1.54, 1.807) is 0 Å². The highest BCUT2D eigenvalue weighted by Crippen LogP contribution is 2.26. The van der Waals surface area contributed by atoms with Crippen LogP contribution in [0.1, 0.15) is 25.8 Å². The first-order valence-corrected chi connectivity index (χ1v) is 5.41. The number of hydrogen-bond donors (Lipinski definition) is 0. The van der Waals surface area contributed by atoms with Gasteiger partial charge in [-0.3, -0.25) is 0 Å². The van der Waals surface area contributed by atoms with Gasteiger partial charge in [0.25, 0.3) is 0 Å². The molecule has 1 aromatic carbocycles. The minimum atomic E-state index is 0.633. The minimum Gasteiger partial charge on any atom is -0.492 e. The maximum absolute atomic E-state index is 6.06. The molecule has 0 aliphatic rings. The van der Waals surface area contributed by atoms with Crippen LogP contribution in [0.3, 0.4) is 0 Å². The fourth-order valence-electron chi connectivity index (χ4n) is 1.21. The van der Waals surface area contributed by atoms with Crippen LogP contribution in [0.2, 0.25) is 5.02 Å². The summed E-state index contributed by atoms with van der Waals surface area (Å²) >= 11 is 6.06. The van der Waals surface area contributed by atoms with Gasteiger partial charge in [0.2, 0.25) is 0 Å². The Morgan fingerprint density at radius 3 is 2.80 bits per heavy atom. The van der Waals surface area contributed by atoms with Crippen LogP contribution in [0.15, 0.2) is 30.4 Å². The molecule has 0 aliphatic heterocycles. The molecule has 1 rings (SSSR count). The monoisotopic (exact) mass is 223 g/mol. The SMILES string of the molecule is C=C(C)C[CH]c1ccc(OCC)c(Cl)c1. The fraction of sp³-hybridized carbons (Fsp3) is 0.308. The standard InChI is InChI=1S/C13H16ClO/c1-4-15-13-8-7-11(9-12(13)14)6-5-10(2)3/h6-9H,2,4-5H2,1,3H3. The number of halogens is 1. The van der Waals surface area contributed by atoms with E-state index in [4.69, 9.17) is 16.3 Å². The summed E-state index contributed by atoms with van der Waals surface area (Å²) in [6.07, 6.45) is 2.98. The summed E-state index contributed by atoms with van der Waals surface area (Å²) in [4.78, 5) is 0. The summed E-state index contributed by atoms with van der Waals surface area (Å²) < 4.78 is 5.35. The maximum Gasteiger partial charge on any atom is 0.137 e. The van der Waals surface area contributed by atoms with Crippen LogP contribution in [-0.4, -0.2) is 6.61 Å². The average Bonchev–Trinajstić information content (AvgIpc) is 2.19. The van der Waals surface area contributed by atoms with Crippen LogP contribution in [-0.2, 0) is 0 Å². The minimum absolute atomic E-state index is 0.633. The molecule has 0 heterocycles. The molecule has 0 atom stereocenters. The van der Waals surface area contributed by atoms with Crippen LogP contribution in [0.25, 0.3) is 0 Å². The molecule has 15 heavy (non-hydrogen) atoms. The number of allylic oxidation sites excluding steroid dienone is 1. The zero-order chi connectivity index (χ0) is 11.3. The normalized spacial score (nSPS) is 10.1. The van der Waals surface area contributed by atoms with Gasteiger partial charge < -0.3 is 4.74 Å². The zero-order valence-electron chi connectivity index (χ0n) is 9.22. The summed E-state index contributed by atoms with van der Waals surface area (Å²) in [5.74, 6) is 0.742. The predicted molar refractivity (Wildman–Crippen MR) is 65.5 cm³/mol. The van der Waals surface area contributed by atoms with Gasteiger partial charge in [0.05, 0.1) is 11.6 Å². The predicted octanol–water partition coefficient (Wildman–Crippen LogP) is 4.26. The van der Waals surface area contributed by atoms with Crippen molar-refractivity contribution in [2.45, 2.75) is 20.3 Å². The summed E-state index contributed by atoms with van der Waals surface area (Å²) in [5, 5.41) is 0.660. The Kier molecular flexibility index (Phi) is 4.70. The van der Waals surface area contributed by atoms with E-state index in [0.717, 1.165) is 23.3 Å². The molecule has 0 bridgehead atoms. The van der Waals surface area contributed by atoms with E-state index in [9.17, 15) is 0 Å². The van der Waals surface area contributed by atoms with Crippen LogP contribution < -0.4 is 4.74 Å². The van der Waals surface area contributed by atoms with Gasteiger partial charge >= 0.3 is 0 Å². The second-order valence-electron chi connectivity index (χ2n) is 3.49. The molecule has 0 aromatic heterocycles. The van der Waals surface area contributed by atoms with Crippen molar-refractivity contribution in [3.63, 3.8) is 0 Å². The molecule has 0 fully saturated rings. The van der Waals surface area contributed by atoms with E-state index in [1.165, 1.54) is 0 Å². The van der Waals surface area contributed by atoms with E-state index < -0.39 is 0 Å². The Morgan fingerprint density at radius 1 is 1.53 bits per heavy atom. The number of hydrogen-bond acceptors (Lipinski definition) is 1. The highest BCUT2D eigenvalue weighted by atomic mass is 35.5. The number of benzene rings is 1. The van der Waals surface area contributed by atoms with Gasteiger partial charge in [-0.05, 0) is 44.4 Å². The second kappa shape index (κ2) is 5.82. The molecule has 0 amide bonds. The van der Waals surface area contributed by atoms with Gasteiger partial charge in [-0.25, -0.2) is 0 Å². The first-order chi connectivity index (χ1) is 7.13. The lowest BCUT2D eigenvalue weighted by Gasteiger charge is -2.07. The van der Waals surface area contributed by atoms with Gasteiger partial charge in [0, 0.05) is 0 Å². The molecule has 0 unspecified atom stereocenters. The van der Waals surface area contributed by atoms with Crippen molar-refractivity contribution in [1.29, 1.82) is 0 Å². The van der Waals surface area contributed by atoms with Crippen molar-refractivity contribution in [1.82, 2.24) is 0 Å². The largest absolute Gasteiger partial charge is 0.492 e. The Labute approximate surface area is 96.7 Å². The molecule has 1 radical (unpaired) electrons. The third kappa shape index (κ3) is 3.96. The Hall–Kier alpha value is -0.950. The van der Waals surface area contributed by atoms with Gasteiger partial charge in [-0.15, -0.1) is 6.58 Å². The van der Waals surface area contributed by atoms with Crippen molar-refractivity contribution in [3.8, 4) is 5.75 Å². The third-order valence-corrected chi connectivity index (χ3v) is 2.24. The van der Waals surface area contributed by atoms with Crippen LogP contribution in [0.5, 0.6) is 5.75 Å². The van der Waals surface area contributed by atoms with Gasteiger partial charge in [0.1, 0.15) is 5.75 Å². The maximum atomic E-state index is 6.06. The first-order valence-electron chi connectivity index (χ1n) is 5.03. The summed E-state index contributed by atoms with van der Waals surface area (Å²) in [5.41, 5.74) is 2.24. The van der Waals surface area contributed by atoms with Crippen LogP contribution >= 0.6 is 11.6 Å². The Bertz CT molecular complexity index is 344. The molecule has 81 valence electrons. The highest BCUT2D eigenvalue weighted by molar-refractivity contribution is 6.32. The van der Waals surface area contributed by atoms with Crippen molar-refractivity contribution in [3.05, 3.63) is 47.4 Å². The van der Waals surface area contributed by atoms with Crippen LogP contribution in [0.4, 0.5) is 0 Å². The van der Waals surface area contributed by atoms with Gasteiger partial charge in [-0.2, -0.15) is 0 Å². The fourth-order valence-corrected chi connectivity index (χ4v) is 1.45. The first kappa shape index (κ1) is 12.1. The van der Waals surface area contributed by atoms with Gasteiger partial charge in [0.15, 0.2) is 0 Å². The summed E-state index contributed by atoms with van der Waals surface area (Å²) in [6, 6.07) is 5.81. The lowest BCUT2D eigenvalue weighted by molar-refractivity contribution is 0.340. The lowest BCUT2D eigenvalue weighted by Crippen LogP contribution is -1.93.